The summed E-state index contributed by atoms with van der Waals surface area (Å²) in [4.78, 5) is 12.4. The maximum Gasteiger partial charge on any atom is 0.298 e. The zero-order valence-corrected chi connectivity index (χ0v) is 14.6. The minimum atomic E-state index is -0.194. The fourth-order valence-electron chi connectivity index (χ4n) is 3.97. The average molecular weight is 270 g/mol. The average Bonchev–Trinajstić information content (AvgIpc) is 2.90. The number of rotatable bonds is 7. The molecule has 1 fully saturated rings. The van der Waals surface area contributed by atoms with E-state index in [1.54, 1.807) is 0 Å². The van der Waals surface area contributed by atoms with Gasteiger partial charge in [-0.3, -0.25) is 4.79 Å². The summed E-state index contributed by atoms with van der Waals surface area (Å²) in [5, 5.41) is 0. The van der Waals surface area contributed by atoms with Crippen LogP contribution in [0.3, 0.4) is 0 Å². The third-order valence-electron chi connectivity index (χ3n) is 4.96. The second-order valence-corrected chi connectivity index (χ2v) is 6.39. The summed E-state index contributed by atoms with van der Waals surface area (Å²) < 4.78 is 5.30. The van der Waals surface area contributed by atoms with Gasteiger partial charge < -0.3 is 4.43 Å². The Morgan fingerprint density at radius 1 is 1.28 bits per heavy atom. The molecular weight excluding hydrogens is 240 g/mol. The van der Waals surface area contributed by atoms with E-state index in [1.807, 2.05) is 0 Å². The minimum Gasteiger partial charge on any atom is -0.528 e. The van der Waals surface area contributed by atoms with Crippen LogP contribution >= 0.6 is 0 Å². The lowest BCUT2D eigenvalue weighted by Crippen LogP contribution is -2.41. The molecule has 0 bridgehead atoms. The van der Waals surface area contributed by atoms with Crippen molar-refractivity contribution in [2.45, 2.75) is 72.1 Å². The van der Waals surface area contributed by atoms with E-state index in [0.717, 1.165) is 31.6 Å². The van der Waals surface area contributed by atoms with Crippen LogP contribution < -0.4 is 0 Å². The van der Waals surface area contributed by atoms with E-state index in [4.69, 9.17) is 4.43 Å². The van der Waals surface area contributed by atoms with Crippen LogP contribution in [0.1, 0.15) is 72.1 Å². The molecule has 18 heavy (non-hydrogen) atoms. The van der Waals surface area contributed by atoms with E-state index in [1.165, 1.54) is 25.7 Å². The number of carbonyl (C=O) groups excluding carboxylic acids is 1. The van der Waals surface area contributed by atoms with Crippen molar-refractivity contribution in [1.29, 1.82) is 0 Å². The SMILES string of the molecule is CCCC(CCC)(C(=O)O[SiH3])C(C)C1CCCC1. The lowest BCUT2D eigenvalue weighted by molar-refractivity contribution is -0.152. The molecule has 0 saturated heterocycles. The second-order valence-electron chi connectivity index (χ2n) is 5.98. The zero-order valence-electron chi connectivity index (χ0n) is 12.6. The van der Waals surface area contributed by atoms with Crippen LogP contribution in [-0.2, 0) is 9.22 Å². The first-order valence-electron chi connectivity index (χ1n) is 7.70. The quantitative estimate of drug-likeness (QED) is 0.664. The molecular formula is C15H30O2Si. The Morgan fingerprint density at radius 3 is 2.17 bits per heavy atom. The predicted molar refractivity (Wildman–Crippen MR) is 79.4 cm³/mol. The van der Waals surface area contributed by atoms with E-state index in [-0.39, 0.29) is 11.4 Å². The first-order chi connectivity index (χ1) is 8.62. The van der Waals surface area contributed by atoms with Crippen LogP contribution in [0, 0.1) is 17.3 Å². The third-order valence-corrected chi connectivity index (χ3v) is 5.33. The summed E-state index contributed by atoms with van der Waals surface area (Å²) in [7, 11) is 0.529. The van der Waals surface area contributed by atoms with Gasteiger partial charge in [0, 0.05) is 0 Å². The van der Waals surface area contributed by atoms with Crippen molar-refractivity contribution < 1.29 is 9.22 Å². The van der Waals surface area contributed by atoms with Crippen molar-refractivity contribution in [3.63, 3.8) is 0 Å². The molecule has 0 heterocycles. The molecule has 0 aliphatic heterocycles. The van der Waals surface area contributed by atoms with E-state index < -0.39 is 0 Å². The zero-order chi connectivity index (χ0) is 13.6. The summed E-state index contributed by atoms with van der Waals surface area (Å²) in [5.41, 5.74) is -0.194. The first kappa shape index (κ1) is 15.7. The Labute approximate surface area is 115 Å². The molecule has 0 aromatic heterocycles. The largest absolute Gasteiger partial charge is 0.528 e. The smallest absolute Gasteiger partial charge is 0.298 e. The summed E-state index contributed by atoms with van der Waals surface area (Å²) in [5.74, 6) is 1.32. The Morgan fingerprint density at radius 2 is 1.78 bits per heavy atom. The highest BCUT2D eigenvalue weighted by atomic mass is 28.2. The fraction of sp³-hybridized carbons (Fsp3) is 0.933. The van der Waals surface area contributed by atoms with Crippen molar-refractivity contribution in [2.24, 2.45) is 17.3 Å². The van der Waals surface area contributed by atoms with Gasteiger partial charge in [-0.1, -0.05) is 59.3 Å². The van der Waals surface area contributed by atoms with Gasteiger partial charge in [0.1, 0.15) is 0 Å². The van der Waals surface area contributed by atoms with Gasteiger partial charge in [0.25, 0.3) is 5.97 Å². The number of carbonyl (C=O) groups is 1. The van der Waals surface area contributed by atoms with Crippen molar-refractivity contribution >= 4 is 16.5 Å². The monoisotopic (exact) mass is 270 g/mol. The highest BCUT2D eigenvalue weighted by Gasteiger charge is 2.45. The Kier molecular flexibility index (Phi) is 6.40. The van der Waals surface area contributed by atoms with Crippen LogP contribution in [0.5, 0.6) is 0 Å². The lowest BCUT2D eigenvalue weighted by Gasteiger charge is -2.40. The van der Waals surface area contributed by atoms with Crippen molar-refractivity contribution in [3.8, 4) is 0 Å². The first-order valence-corrected chi connectivity index (χ1v) is 8.52. The number of hydrogen-bond acceptors (Lipinski definition) is 2. The molecule has 3 heteroatoms. The summed E-state index contributed by atoms with van der Waals surface area (Å²) in [6.07, 6.45) is 9.47. The highest BCUT2D eigenvalue weighted by Crippen LogP contribution is 2.47. The third kappa shape index (κ3) is 3.17. The molecule has 0 aromatic carbocycles. The standard InChI is InChI=1S/C15H30O2Si/c1-4-10-15(11-5-2,14(16)17-18)12(3)13-8-6-7-9-13/h12-13H,4-11H2,1-3,18H3. The molecule has 106 valence electrons. The maximum absolute atomic E-state index is 12.4. The van der Waals surface area contributed by atoms with Gasteiger partial charge in [0.05, 0.1) is 5.41 Å². The van der Waals surface area contributed by atoms with Crippen LogP contribution in [-0.4, -0.2) is 16.5 Å². The van der Waals surface area contributed by atoms with Gasteiger partial charge >= 0.3 is 0 Å². The van der Waals surface area contributed by atoms with Crippen LogP contribution in [0.15, 0.2) is 0 Å². The van der Waals surface area contributed by atoms with Gasteiger partial charge in [0.15, 0.2) is 0 Å². The molecule has 1 aliphatic rings. The van der Waals surface area contributed by atoms with Gasteiger partial charge in [-0.2, -0.15) is 0 Å². The summed E-state index contributed by atoms with van der Waals surface area (Å²) >= 11 is 0. The van der Waals surface area contributed by atoms with Gasteiger partial charge in [-0.05, 0) is 24.7 Å². The number of hydrogen-bond donors (Lipinski definition) is 0. The van der Waals surface area contributed by atoms with Gasteiger partial charge in [0.2, 0.25) is 10.5 Å². The molecule has 0 radical (unpaired) electrons. The fourth-order valence-corrected chi connectivity index (χ4v) is 4.38. The maximum atomic E-state index is 12.4. The topological polar surface area (TPSA) is 26.3 Å². The van der Waals surface area contributed by atoms with Crippen LogP contribution in [0.4, 0.5) is 0 Å². The molecule has 1 atom stereocenters. The van der Waals surface area contributed by atoms with E-state index >= 15 is 0 Å². The van der Waals surface area contributed by atoms with Gasteiger partial charge in [-0.15, -0.1) is 0 Å². The Balaban J connectivity index is 2.94. The molecule has 1 unspecified atom stereocenters. The molecule has 0 spiro atoms. The van der Waals surface area contributed by atoms with Crippen LogP contribution in [0.25, 0.3) is 0 Å². The molecule has 0 N–H and O–H groups in total. The Hall–Kier alpha value is -0.313. The molecule has 1 saturated carbocycles. The van der Waals surface area contributed by atoms with E-state index in [0.29, 0.717) is 16.4 Å². The summed E-state index contributed by atoms with van der Waals surface area (Å²) in [6, 6.07) is 0. The normalized spacial score (nSPS) is 19.1. The van der Waals surface area contributed by atoms with E-state index in [9.17, 15) is 4.79 Å². The van der Waals surface area contributed by atoms with Crippen LogP contribution in [0.2, 0.25) is 0 Å². The molecule has 1 rings (SSSR count). The molecule has 2 nitrogen and oxygen atoms in total. The lowest BCUT2D eigenvalue weighted by atomic mass is 9.65. The van der Waals surface area contributed by atoms with Crippen molar-refractivity contribution in [3.05, 3.63) is 0 Å². The minimum absolute atomic E-state index is 0.0947. The predicted octanol–water partition coefficient (Wildman–Crippen LogP) is 3.22. The Bertz CT molecular complexity index is 253. The van der Waals surface area contributed by atoms with E-state index in [2.05, 4.69) is 20.8 Å². The second kappa shape index (κ2) is 7.32. The van der Waals surface area contributed by atoms with Crippen molar-refractivity contribution in [1.82, 2.24) is 0 Å². The molecule has 1 aliphatic carbocycles. The molecule has 0 amide bonds. The summed E-state index contributed by atoms with van der Waals surface area (Å²) in [6.45, 7) is 6.68. The highest BCUT2D eigenvalue weighted by molar-refractivity contribution is 6.06. The van der Waals surface area contributed by atoms with Crippen molar-refractivity contribution in [2.75, 3.05) is 0 Å². The van der Waals surface area contributed by atoms with Gasteiger partial charge in [-0.25, -0.2) is 0 Å². The molecule has 0 aromatic rings.